The van der Waals surface area contributed by atoms with E-state index in [1.807, 2.05) is 72.6 Å². The topological polar surface area (TPSA) is 94.2 Å². The number of nitrogens with zero attached hydrogens (tertiary/aromatic N) is 1. The zero-order valence-electron chi connectivity index (χ0n) is 24.6. The molecular formula is C37H30N2O6. The molecule has 4 aromatic carbocycles. The minimum Gasteiger partial charge on any atom is -0.494 e. The molecule has 1 fully saturated rings. The van der Waals surface area contributed by atoms with Gasteiger partial charge >= 0.3 is 0 Å². The molecule has 0 aliphatic carbocycles. The van der Waals surface area contributed by atoms with E-state index in [1.165, 1.54) is 0 Å². The van der Waals surface area contributed by atoms with Crippen LogP contribution in [0.4, 0.5) is 5.69 Å². The van der Waals surface area contributed by atoms with Gasteiger partial charge in [0.05, 0.1) is 18.6 Å². The van der Waals surface area contributed by atoms with Crippen LogP contribution in [0.2, 0.25) is 0 Å². The van der Waals surface area contributed by atoms with Crippen LogP contribution in [0.1, 0.15) is 56.8 Å². The third kappa shape index (κ3) is 3.94. The van der Waals surface area contributed by atoms with Gasteiger partial charge in [-0.15, -0.1) is 0 Å². The van der Waals surface area contributed by atoms with Gasteiger partial charge in [0, 0.05) is 23.0 Å². The van der Waals surface area contributed by atoms with E-state index in [9.17, 15) is 9.59 Å². The van der Waals surface area contributed by atoms with E-state index in [0.717, 1.165) is 17.5 Å². The number of para-hydroxylation sites is 1. The molecule has 1 amide bonds. The number of carbonyl (C=O) groups excluding carboxylic acids is 3. The van der Waals surface area contributed by atoms with Crippen LogP contribution in [0.25, 0.3) is 6.08 Å². The average molecular weight is 599 g/mol. The van der Waals surface area contributed by atoms with Crippen LogP contribution < -0.4 is 19.5 Å². The molecule has 0 saturated carbocycles. The summed E-state index contributed by atoms with van der Waals surface area (Å²) < 4.78 is 16.9. The van der Waals surface area contributed by atoms with Crippen LogP contribution in [-0.4, -0.2) is 41.8 Å². The monoisotopic (exact) mass is 598 g/mol. The fourth-order valence-electron chi connectivity index (χ4n) is 7.50. The van der Waals surface area contributed by atoms with Crippen LogP contribution >= 0.6 is 0 Å². The Hall–Kier alpha value is -5.37. The van der Waals surface area contributed by atoms with Crippen LogP contribution in [0.15, 0.2) is 97.2 Å². The van der Waals surface area contributed by atoms with Crippen molar-refractivity contribution in [1.82, 2.24) is 4.90 Å². The first-order valence-corrected chi connectivity index (χ1v) is 15.2. The molecule has 8 heteroatoms. The number of benzene rings is 4. The summed E-state index contributed by atoms with van der Waals surface area (Å²) in [4.78, 5) is 46.4. The van der Waals surface area contributed by atoms with Gasteiger partial charge in [-0.3, -0.25) is 14.4 Å². The van der Waals surface area contributed by atoms with Crippen molar-refractivity contribution in [2.24, 2.45) is 5.92 Å². The van der Waals surface area contributed by atoms with Gasteiger partial charge in [0.2, 0.25) is 12.7 Å². The normalized spacial score (nSPS) is 23.4. The molecular weight excluding hydrogens is 568 g/mol. The van der Waals surface area contributed by atoms with Crippen molar-refractivity contribution >= 4 is 29.2 Å². The second kappa shape index (κ2) is 10.4. The molecule has 0 unspecified atom stereocenters. The quantitative estimate of drug-likeness (QED) is 0.254. The number of rotatable bonds is 7. The second-order valence-corrected chi connectivity index (χ2v) is 11.8. The maximum absolute atomic E-state index is 15.0. The number of fused-ring (bicyclic) bond motifs is 7. The Morgan fingerprint density at radius 1 is 0.911 bits per heavy atom. The molecule has 4 aromatic rings. The third-order valence-corrected chi connectivity index (χ3v) is 9.39. The van der Waals surface area contributed by atoms with Crippen LogP contribution in [0.5, 0.6) is 17.2 Å². The number of ketones is 2. The molecule has 0 radical (unpaired) electrons. The van der Waals surface area contributed by atoms with Gasteiger partial charge in [0.25, 0.3) is 0 Å². The van der Waals surface area contributed by atoms with E-state index in [2.05, 4.69) is 5.32 Å². The maximum atomic E-state index is 15.0. The van der Waals surface area contributed by atoms with Crippen molar-refractivity contribution in [2.75, 3.05) is 18.7 Å². The summed E-state index contributed by atoms with van der Waals surface area (Å²) in [6, 6.07) is 25.8. The summed E-state index contributed by atoms with van der Waals surface area (Å²) in [6.07, 6.45) is 4.67. The summed E-state index contributed by atoms with van der Waals surface area (Å²) in [7, 11) is 0. The fraction of sp³-hybridized carbons (Fsp3) is 0.216. The first-order chi connectivity index (χ1) is 22.0. The molecule has 4 aliphatic rings. The van der Waals surface area contributed by atoms with E-state index < -0.39 is 23.4 Å². The molecule has 4 heterocycles. The molecule has 1 N–H and O–H groups in total. The Bertz CT molecular complexity index is 1900. The van der Waals surface area contributed by atoms with Gasteiger partial charge in [0.1, 0.15) is 17.2 Å². The third-order valence-electron chi connectivity index (χ3n) is 9.39. The Balaban J connectivity index is 1.35. The fourth-order valence-corrected chi connectivity index (χ4v) is 7.50. The highest BCUT2D eigenvalue weighted by molar-refractivity contribution is 6.16. The molecule has 0 bridgehead atoms. The molecule has 4 atom stereocenters. The Morgan fingerprint density at radius 3 is 2.51 bits per heavy atom. The molecule has 0 aromatic heterocycles. The second-order valence-electron chi connectivity index (χ2n) is 11.8. The summed E-state index contributed by atoms with van der Waals surface area (Å²) >= 11 is 0. The highest BCUT2D eigenvalue weighted by atomic mass is 16.7. The van der Waals surface area contributed by atoms with Crippen molar-refractivity contribution in [3.63, 3.8) is 0 Å². The van der Waals surface area contributed by atoms with E-state index in [-0.39, 0.29) is 24.3 Å². The van der Waals surface area contributed by atoms with Crippen molar-refractivity contribution in [3.05, 3.63) is 125 Å². The zero-order chi connectivity index (χ0) is 30.7. The minimum absolute atomic E-state index is 0.0727. The van der Waals surface area contributed by atoms with Gasteiger partial charge in [0.15, 0.2) is 23.1 Å². The Morgan fingerprint density at radius 2 is 1.67 bits per heavy atom. The molecule has 4 aliphatic heterocycles. The maximum Gasteiger partial charge on any atom is 0.238 e. The summed E-state index contributed by atoms with van der Waals surface area (Å²) in [5.74, 6) is -0.254. The molecule has 224 valence electrons. The van der Waals surface area contributed by atoms with E-state index in [1.54, 1.807) is 42.5 Å². The molecule has 8 nitrogen and oxygen atoms in total. The molecule has 45 heavy (non-hydrogen) atoms. The Labute approximate surface area is 260 Å². The summed E-state index contributed by atoms with van der Waals surface area (Å²) in [6.45, 7) is 2.66. The van der Waals surface area contributed by atoms with Crippen LogP contribution in [-0.2, 0) is 10.2 Å². The van der Waals surface area contributed by atoms with Crippen molar-refractivity contribution in [1.29, 1.82) is 0 Å². The largest absolute Gasteiger partial charge is 0.494 e. The first-order valence-electron chi connectivity index (χ1n) is 15.2. The lowest BCUT2D eigenvalue weighted by atomic mass is 9.62. The van der Waals surface area contributed by atoms with E-state index >= 15 is 4.79 Å². The van der Waals surface area contributed by atoms with Gasteiger partial charge in [-0.25, -0.2) is 0 Å². The number of amides is 1. The lowest BCUT2D eigenvalue weighted by molar-refractivity contribution is -0.122. The number of carbonyl (C=O) groups is 3. The van der Waals surface area contributed by atoms with Crippen LogP contribution in [0, 0.1) is 5.92 Å². The highest BCUT2D eigenvalue weighted by Crippen LogP contribution is 2.62. The standard InChI is InChI=1S/C37H30N2O6/c1-2-19-43-25-14-11-23(12-15-25)33(40)31-32(34(41)24-13-16-29-30(20-24)45-21-44-29)39-18-17-22-7-3-4-8-26(22)35(39)37(31)27-9-5-6-10-28(27)38-36(37)42/h3-18,20,31-32,35H,2,19,21H2,1H3,(H,38,42)/t31-,32+,35-,37-/m1/s1. The minimum atomic E-state index is -1.40. The summed E-state index contributed by atoms with van der Waals surface area (Å²) in [5, 5.41) is 3.09. The number of nitrogens with one attached hydrogen (secondary N) is 1. The number of hydrogen-bond acceptors (Lipinski definition) is 7. The lowest BCUT2D eigenvalue weighted by Crippen LogP contribution is -2.49. The number of anilines is 1. The first kappa shape index (κ1) is 27.2. The van der Waals surface area contributed by atoms with Gasteiger partial charge < -0.3 is 24.4 Å². The number of Topliss-reactive ketones (excluding diaryl/α,β-unsaturated/α-hetero) is 2. The van der Waals surface area contributed by atoms with Crippen molar-refractivity contribution in [3.8, 4) is 17.2 Å². The SMILES string of the molecule is CCCOc1ccc(C(=O)[C@H]2[C@@H](C(=O)c3ccc4c(c3)OCO4)N3C=Cc4ccccc4[C@@H]3[C@]23C(=O)Nc2ccccc23)cc1. The summed E-state index contributed by atoms with van der Waals surface area (Å²) in [5.41, 5.74) is 2.55. The highest BCUT2D eigenvalue weighted by Gasteiger charge is 2.70. The predicted octanol–water partition coefficient (Wildman–Crippen LogP) is 6.19. The molecule has 1 spiro atoms. The Kier molecular flexibility index (Phi) is 6.27. The van der Waals surface area contributed by atoms with Crippen LogP contribution in [0.3, 0.4) is 0 Å². The predicted molar refractivity (Wildman–Crippen MR) is 168 cm³/mol. The lowest BCUT2D eigenvalue weighted by Gasteiger charge is -2.38. The van der Waals surface area contributed by atoms with Gasteiger partial charge in [-0.1, -0.05) is 49.4 Å². The van der Waals surface area contributed by atoms with E-state index in [4.69, 9.17) is 14.2 Å². The van der Waals surface area contributed by atoms with Crippen molar-refractivity contribution in [2.45, 2.75) is 30.8 Å². The smallest absolute Gasteiger partial charge is 0.238 e. The molecule has 8 rings (SSSR count). The number of ether oxygens (including phenoxy) is 3. The average Bonchev–Trinajstić information content (AvgIpc) is 3.76. The van der Waals surface area contributed by atoms with Gasteiger partial charge in [-0.2, -0.15) is 0 Å². The zero-order valence-corrected chi connectivity index (χ0v) is 24.6. The van der Waals surface area contributed by atoms with Crippen molar-refractivity contribution < 1.29 is 28.6 Å². The number of hydrogen-bond donors (Lipinski definition) is 1. The van der Waals surface area contributed by atoms with E-state index in [0.29, 0.717) is 46.2 Å². The molecule has 1 saturated heterocycles. The van der Waals surface area contributed by atoms with Gasteiger partial charge in [-0.05, 0) is 77.7 Å².